The van der Waals surface area contributed by atoms with E-state index in [-0.39, 0.29) is 5.75 Å². The quantitative estimate of drug-likeness (QED) is 0.787. The Hall–Kier alpha value is -1.73. The Morgan fingerprint density at radius 2 is 1.59 bits per heavy atom. The Balaban J connectivity index is 2.01. The lowest BCUT2D eigenvalue weighted by Gasteiger charge is -2.12. The Bertz CT molecular complexity index is 543. The number of benzene rings is 2. The van der Waals surface area contributed by atoms with Gasteiger partial charge in [-0.2, -0.15) is 0 Å². The Morgan fingerprint density at radius 3 is 2.18 bits per heavy atom. The topological polar surface area (TPSA) is 38.7 Å². The maximum absolute atomic E-state index is 9.51. The van der Waals surface area contributed by atoms with Gasteiger partial charge in [0.2, 0.25) is 11.5 Å². The average molecular weight is 247 g/mol. The third kappa shape index (κ3) is 1.73. The van der Waals surface area contributed by atoms with Crippen LogP contribution in [0.3, 0.4) is 0 Å². The molecular formula is C13H12O3P+. The molecule has 3 rings (SSSR count). The zero-order chi connectivity index (χ0) is 11.9. The Kier molecular flexibility index (Phi) is 2.23. The molecular weight excluding hydrogens is 235 g/mol. The van der Waals surface area contributed by atoms with E-state index in [0.717, 1.165) is 16.8 Å². The van der Waals surface area contributed by atoms with E-state index in [2.05, 4.69) is 0 Å². The molecule has 0 saturated carbocycles. The van der Waals surface area contributed by atoms with Gasteiger partial charge in [0.05, 0.1) is 0 Å². The lowest BCUT2D eigenvalue weighted by atomic mass is 10.3. The molecule has 0 fully saturated rings. The van der Waals surface area contributed by atoms with Gasteiger partial charge in [-0.25, -0.2) is 0 Å². The molecule has 1 aliphatic rings. The van der Waals surface area contributed by atoms with Gasteiger partial charge in [-0.3, -0.25) is 0 Å². The molecule has 86 valence electrons. The molecule has 0 bridgehead atoms. The summed E-state index contributed by atoms with van der Waals surface area (Å²) in [5.74, 6) is 1.77. The third-order valence-corrected chi connectivity index (χ3v) is 5.00. The fourth-order valence-electron chi connectivity index (χ4n) is 1.85. The minimum Gasteiger partial charge on any atom is -0.508 e. The minimum absolute atomic E-state index is 0.229. The van der Waals surface area contributed by atoms with Crippen LogP contribution in [0.2, 0.25) is 0 Å². The van der Waals surface area contributed by atoms with Crippen LogP contribution in [-0.4, -0.2) is 11.8 Å². The van der Waals surface area contributed by atoms with E-state index in [1.165, 1.54) is 0 Å². The van der Waals surface area contributed by atoms with Crippen molar-refractivity contribution in [2.75, 3.05) is 6.66 Å². The normalized spacial score (nSPS) is 15.8. The van der Waals surface area contributed by atoms with Crippen molar-refractivity contribution < 1.29 is 14.2 Å². The molecule has 4 heteroatoms. The van der Waals surface area contributed by atoms with Crippen molar-refractivity contribution in [3.63, 3.8) is 0 Å². The van der Waals surface area contributed by atoms with Gasteiger partial charge < -0.3 is 14.2 Å². The van der Waals surface area contributed by atoms with Crippen molar-refractivity contribution in [2.24, 2.45) is 0 Å². The van der Waals surface area contributed by atoms with E-state index < -0.39 is 7.72 Å². The second-order valence-electron chi connectivity index (χ2n) is 4.00. The second kappa shape index (κ2) is 3.64. The summed E-state index contributed by atoms with van der Waals surface area (Å²) in [4.78, 5) is 0. The monoisotopic (exact) mass is 247 g/mol. The van der Waals surface area contributed by atoms with Crippen LogP contribution in [0.1, 0.15) is 0 Å². The molecule has 0 saturated heterocycles. The van der Waals surface area contributed by atoms with E-state index in [1.54, 1.807) is 18.2 Å². The van der Waals surface area contributed by atoms with Gasteiger partial charge in [-0.15, -0.1) is 0 Å². The van der Waals surface area contributed by atoms with Crippen molar-refractivity contribution in [1.29, 1.82) is 0 Å². The van der Waals surface area contributed by atoms with Gasteiger partial charge in [-0.1, -0.05) is 18.2 Å². The molecule has 0 amide bonds. The highest BCUT2D eigenvalue weighted by atomic mass is 31.2. The van der Waals surface area contributed by atoms with Crippen LogP contribution in [0, 0.1) is 0 Å². The molecule has 2 aromatic rings. The second-order valence-corrected chi connectivity index (χ2v) is 6.57. The lowest BCUT2D eigenvalue weighted by Crippen LogP contribution is -2.15. The van der Waals surface area contributed by atoms with E-state index >= 15 is 0 Å². The summed E-state index contributed by atoms with van der Waals surface area (Å²) in [5.41, 5.74) is 0. The first-order valence-electron chi connectivity index (χ1n) is 5.32. The molecule has 0 radical (unpaired) electrons. The number of aromatic hydroxyl groups is 1. The number of hydrogen-bond acceptors (Lipinski definition) is 3. The minimum atomic E-state index is -2.14. The molecule has 0 atom stereocenters. The van der Waals surface area contributed by atoms with E-state index in [4.69, 9.17) is 9.05 Å². The van der Waals surface area contributed by atoms with Gasteiger partial charge in [0.1, 0.15) is 12.4 Å². The lowest BCUT2D eigenvalue weighted by molar-refractivity contribution is 0.475. The molecule has 0 aliphatic carbocycles. The SMILES string of the molecule is C[P+]1(c2cccc(O)c2)Oc2ccccc2O1. The fourth-order valence-corrected chi connectivity index (χ4v) is 3.87. The van der Waals surface area contributed by atoms with Crippen LogP contribution < -0.4 is 14.4 Å². The zero-order valence-corrected chi connectivity index (χ0v) is 10.2. The number of phenolic OH excluding ortho intramolecular Hbond substituents is 1. The first-order valence-corrected chi connectivity index (χ1v) is 7.39. The number of para-hydroxylation sites is 2. The van der Waals surface area contributed by atoms with Crippen molar-refractivity contribution in [3.05, 3.63) is 48.5 Å². The number of phenols is 1. The first-order chi connectivity index (χ1) is 8.17. The third-order valence-electron chi connectivity index (χ3n) is 2.69. The smallest absolute Gasteiger partial charge is 0.394 e. The highest BCUT2D eigenvalue weighted by Crippen LogP contribution is 2.63. The molecule has 1 aliphatic heterocycles. The maximum atomic E-state index is 9.51. The van der Waals surface area contributed by atoms with Gasteiger partial charge in [0.25, 0.3) is 0 Å². The van der Waals surface area contributed by atoms with Crippen LogP contribution in [0.5, 0.6) is 17.2 Å². The first kappa shape index (κ1) is 10.4. The molecule has 1 N–H and O–H groups in total. The summed E-state index contributed by atoms with van der Waals surface area (Å²) in [6.45, 7) is 1.95. The highest BCUT2D eigenvalue weighted by Gasteiger charge is 2.49. The average Bonchev–Trinajstić information content (AvgIpc) is 2.66. The Labute approximate surface area is 100 Å². The predicted molar refractivity (Wildman–Crippen MR) is 68.3 cm³/mol. The van der Waals surface area contributed by atoms with Crippen molar-refractivity contribution >= 4 is 13.0 Å². The van der Waals surface area contributed by atoms with Gasteiger partial charge in [0, 0.05) is 6.07 Å². The standard InChI is InChI=1S/C13H11O3P/c1-17(11-6-4-5-10(14)9-11)15-12-7-2-3-8-13(12)16-17/h2-9H,1H3/p+1. The summed E-state index contributed by atoms with van der Waals surface area (Å²) in [6, 6.07) is 14.7. The van der Waals surface area contributed by atoms with Gasteiger partial charge in [-0.05, 0) is 24.3 Å². The van der Waals surface area contributed by atoms with Crippen LogP contribution in [-0.2, 0) is 0 Å². The van der Waals surface area contributed by atoms with Crippen LogP contribution in [0.15, 0.2) is 48.5 Å². The maximum Gasteiger partial charge on any atom is 0.394 e. The zero-order valence-electron chi connectivity index (χ0n) is 9.33. The molecule has 0 aromatic heterocycles. The highest BCUT2D eigenvalue weighted by molar-refractivity contribution is 7.74. The number of rotatable bonds is 1. The van der Waals surface area contributed by atoms with E-state index in [0.29, 0.717) is 0 Å². The van der Waals surface area contributed by atoms with Crippen LogP contribution in [0.25, 0.3) is 0 Å². The molecule has 17 heavy (non-hydrogen) atoms. The molecule has 2 aromatic carbocycles. The van der Waals surface area contributed by atoms with Gasteiger partial charge >= 0.3 is 7.72 Å². The molecule has 0 unspecified atom stereocenters. The largest absolute Gasteiger partial charge is 0.508 e. The molecule has 3 nitrogen and oxygen atoms in total. The Morgan fingerprint density at radius 1 is 0.941 bits per heavy atom. The summed E-state index contributed by atoms with van der Waals surface area (Å²) < 4.78 is 11.8. The van der Waals surface area contributed by atoms with Crippen molar-refractivity contribution in [2.45, 2.75) is 0 Å². The summed E-state index contributed by atoms with van der Waals surface area (Å²) in [7, 11) is -2.14. The van der Waals surface area contributed by atoms with Crippen molar-refractivity contribution in [1.82, 2.24) is 0 Å². The van der Waals surface area contributed by atoms with Crippen LogP contribution in [0.4, 0.5) is 0 Å². The predicted octanol–water partition coefficient (Wildman–Crippen LogP) is 2.97. The summed E-state index contributed by atoms with van der Waals surface area (Å²) in [6.07, 6.45) is 0. The molecule has 0 spiro atoms. The van der Waals surface area contributed by atoms with Gasteiger partial charge in [0.15, 0.2) is 5.30 Å². The molecule has 1 heterocycles. The number of hydrogen-bond donors (Lipinski definition) is 1. The summed E-state index contributed by atoms with van der Waals surface area (Å²) in [5, 5.41) is 10.4. The van der Waals surface area contributed by atoms with E-state index in [1.807, 2.05) is 37.0 Å². The fraction of sp³-hybridized carbons (Fsp3) is 0.0769. The summed E-state index contributed by atoms with van der Waals surface area (Å²) >= 11 is 0. The van der Waals surface area contributed by atoms with Crippen LogP contribution >= 0.6 is 7.72 Å². The van der Waals surface area contributed by atoms with E-state index in [9.17, 15) is 5.11 Å². The number of fused-ring (bicyclic) bond motifs is 1. The van der Waals surface area contributed by atoms with Crippen molar-refractivity contribution in [3.8, 4) is 17.2 Å².